The molecule has 80 valence electrons. The number of ether oxygens (including phenoxy) is 1. The van der Waals surface area contributed by atoms with E-state index < -0.39 is 0 Å². The van der Waals surface area contributed by atoms with E-state index in [4.69, 9.17) is 4.74 Å². The monoisotopic (exact) mass is 203 g/mol. The number of rotatable bonds is 3. The normalized spacial score (nSPS) is 33.5. The average molecular weight is 203 g/mol. The third-order valence-corrected chi connectivity index (χ3v) is 3.52. The molecule has 0 spiro atoms. The third kappa shape index (κ3) is 1.92. The van der Waals surface area contributed by atoms with Gasteiger partial charge < -0.3 is 10.1 Å². The summed E-state index contributed by atoms with van der Waals surface area (Å²) < 4.78 is 5.81. The van der Waals surface area contributed by atoms with Crippen LogP contribution in [-0.4, -0.2) is 18.2 Å². The van der Waals surface area contributed by atoms with E-state index in [0.717, 1.165) is 6.54 Å². The highest BCUT2D eigenvalue weighted by molar-refractivity contribution is 5.14. The number of hydrogen-bond donors (Lipinski definition) is 1. The molecule has 2 heterocycles. The lowest BCUT2D eigenvalue weighted by molar-refractivity contribution is 0.0973. The van der Waals surface area contributed by atoms with E-state index in [-0.39, 0.29) is 0 Å². The van der Waals surface area contributed by atoms with Gasteiger partial charge >= 0.3 is 0 Å². The topological polar surface area (TPSA) is 21.3 Å². The molecule has 2 nitrogen and oxygen atoms in total. The standard InChI is InChI=1S/C13H17NO/c1-2-4-10(5-3-1)9-14-12-8-11-6-7-13(12)15-11/h1-5,11-14H,6-9H2. The summed E-state index contributed by atoms with van der Waals surface area (Å²) in [4.78, 5) is 0. The largest absolute Gasteiger partial charge is 0.373 e. The molecule has 2 aliphatic heterocycles. The quantitative estimate of drug-likeness (QED) is 0.812. The minimum atomic E-state index is 0.485. The number of hydrogen-bond acceptors (Lipinski definition) is 2. The fourth-order valence-corrected chi connectivity index (χ4v) is 2.70. The molecule has 2 aliphatic rings. The average Bonchev–Trinajstić information content (AvgIpc) is 2.89. The Hall–Kier alpha value is -0.860. The van der Waals surface area contributed by atoms with Crippen molar-refractivity contribution in [3.05, 3.63) is 35.9 Å². The first kappa shape index (κ1) is 9.37. The van der Waals surface area contributed by atoms with Crippen molar-refractivity contribution in [1.29, 1.82) is 0 Å². The van der Waals surface area contributed by atoms with Crippen LogP contribution in [0.2, 0.25) is 0 Å². The summed E-state index contributed by atoms with van der Waals surface area (Å²) in [6.45, 7) is 0.970. The zero-order valence-corrected chi connectivity index (χ0v) is 8.86. The van der Waals surface area contributed by atoms with Crippen molar-refractivity contribution in [3.63, 3.8) is 0 Å². The Kier molecular flexibility index (Phi) is 2.47. The van der Waals surface area contributed by atoms with Gasteiger partial charge in [0.1, 0.15) is 0 Å². The van der Waals surface area contributed by atoms with Crippen molar-refractivity contribution in [2.45, 2.75) is 44.1 Å². The molecule has 2 fully saturated rings. The zero-order valence-electron chi connectivity index (χ0n) is 8.86. The highest BCUT2D eigenvalue weighted by Gasteiger charge is 2.40. The van der Waals surface area contributed by atoms with Crippen LogP contribution in [0.3, 0.4) is 0 Å². The molecule has 0 aromatic heterocycles. The zero-order chi connectivity index (χ0) is 10.1. The summed E-state index contributed by atoms with van der Waals surface area (Å²) in [5, 5.41) is 3.60. The maximum atomic E-state index is 5.81. The Labute approximate surface area is 90.6 Å². The van der Waals surface area contributed by atoms with Gasteiger partial charge in [-0.3, -0.25) is 0 Å². The molecule has 2 bridgehead atoms. The molecule has 0 aliphatic carbocycles. The number of nitrogens with one attached hydrogen (secondary N) is 1. The first-order valence-electron chi connectivity index (χ1n) is 5.84. The lowest BCUT2D eigenvalue weighted by Crippen LogP contribution is -2.36. The van der Waals surface area contributed by atoms with E-state index in [0.29, 0.717) is 18.2 Å². The maximum absolute atomic E-state index is 5.81. The van der Waals surface area contributed by atoms with Gasteiger partial charge in [-0.25, -0.2) is 0 Å². The predicted octanol–water partition coefficient (Wildman–Crippen LogP) is 2.10. The molecule has 0 saturated carbocycles. The van der Waals surface area contributed by atoms with Gasteiger partial charge in [0, 0.05) is 12.6 Å². The summed E-state index contributed by atoms with van der Waals surface area (Å²) in [5.41, 5.74) is 1.36. The Morgan fingerprint density at radius 2 is 2.07 bits per heavy atom. The van der Waals surface area contributed by atoms with E-state index >= 15 is 0 Å². The molecular weight excluding hydrogens is 186 g/mol. The summed E-state index contributed by atoms with van der Waals surface area (Å²) in [5.74, 6) is 0. The SMILES string of the molecule is c1ccc(CNC2CC3CCC2O3)cc1. The van der Waals surface area contributed by atoms with Crippen molar-refractivity contribution >= 4 is 0 Å². The second-order valence-electron chi connectivity index (χ2n) is 4.58. The van der Waals surface area contributed by atoms with Crippen molar-refractivity contribution in [2.24, 2.45) is 0 Å². The summed E-state index contributed by atoms with van der Waals surface area (Å²) in [6, 6.07) is 11.2. The maximum Gasteiger partial charge on any atom is 0.0733 e. The Morgan fingerprint density at radius 1 is 1.20 bits per heavy atom. The Morgan fingerprint density at radius 3 is 2.73 bits per heavy atom. The second-order valence-corrected chi connectivity index (χ2v) is 4.58. The molecule has 0 amide bonds. The highest BCUT2D eigenvalue weighted by atomic mass is 16.5. The lowest BCUT2D eigenvalue weighted by Gasteiger charge is -2.20. The van der Waals surface area contributed by atoms with Gasteiger partial charge in [0.25, 0.3) is 0 Å². The van der Waals surface area contributed by atoms with Crippen LogP contribution in [0.15, 0.2) is 30.3 Å². The smallest absolute Gasteiger partial charge is 0.0733 e. The van der Waals surface area contributed by atoms with Crippen molar-refractivity contribution in [1.82, 2.24) is 5.32 Å². The minimum absolute atomic E-state index is 0.485. The Balaban J connectivity index is 1.55. The first-order valence-corrected chi connectivity index (χ1v) is 5.84. The van der Waals surface area contributed by atoms with Crippen LogP contribution in [0.4, 0.5) is 0 Å². The Bertz CT molecular complexity index is 325. The van der Waals surface area contributed by atoms with E-state index in [1.807, 2.05) is 0 Å². The highest BCUT2D eigenvalue weighted by Crippen LogP contribution is 2.34. The van der Waals surface area contributed by atoms with Crippen LogP contribution in [0, 0.1) is 0 Å². The van der Waals surface area contributed by atoms with Gasteiger partial charge in [-0.1, -0.05) is 30.3 Å². The van der Waals surface area contributed by atoms with Gasteiger partial charge in [0.15, 0.2) is 0 Å². The molecule has 2 saturated heterocycles. The molecule has 0 radical (unpaired) electrons. The molecule has 3 atom stereocenters. The minimum Gasteiger partial charge on any atom is -0.373 e. The molecule has 3 rings (SSSR count). The summed E-state index contributed by atoms with van der Waals surface area (Å²) in [7, 11) is 0. The van der Waals surface area contributed by atoms with Crippen molar-refractivity contribution in [2.75, 3.05) is 0 Å². The summed E-state index contributed by atoms with van der Waals surface area (Å²) >= 11 is 0. The molecule has 1 aromatic carbocycles. The van der Waals surface area contributed by atoms with Gasteiger partial charge in [-0.2, -0.15) is 0 Å². The molecule has 1 aromatic rings. The number of benzene rings is 1. The predicted molar refractivity (Wildman–Crippen MR) is 59.6 cm³/mol. The second kappa shape index (κ2) is 3.95. The van der Waals surface area contributed by atoms with Crippen LogP contribution < -0.4 is 5.32 Å². The fraction of sp³-hybridized carbons (Fsp3) is 0.538. The van der Waals surface area contributed by atoms with E-state index in [1.54, 1.807) is 0 Å². The molecular formula is C13H17NO. The van der Waals surface area contributed by atoms with Gasteiger partial charge in [-0.15, -0.1) is 0 Å². The van der Waals surface area contributed by atoms with Crippen LogP contribution >= 0.6 is 0 Å². The lowest BCUT2D eigenvalue weighted by atomic mass is 9.95. The van der Waals surface area contributed by atoms with E-state index in [2.05, 4.69) is 35.6 Å². The van der Waals surface area contributed by atoms with Gasteiger partial charge in [0.2, 0.25) is 0 Å². The van der Waals surface area contributed by atoms with Gasteiger partial charge in [-0.05, 0) is 24.8 Å². The molecule has 15 heavy (non-hydrogen) atoms. The van der Waals surface area contributed by atoms with Crippen LogP contribution in [0.25, 0.3) is 0 Å². The van der Waals surface area contributed by atoms with Gasteiger partial charge in [0.05, 0.1) is 12.2 Å². The molecule has 3 unspecified atom stereocenters. The van der Waals surface area contributed by atoms with E-state index in [9.17, 15) is 0 Å². The van der Waals surface area contributed by atoms with Crippen molar-refractivity contribution in [3.8, 4) is 0 Å². The van der Waals surface area contributed by atoms with Crippen LogP contribution in [0.1, 0.15) is 24.8 Å². The molecule has 2 heteroatoms. The van der Waals surface area contributed by atoms with E-state index in [1.165, 1.54) is 24.8 Å². The summed E-state index contributed by atoms with van der Waals surface area (Å²) in [6.07, 6.45) is 4.75. The van der Waals surface area contributed by atoms with Crippen LogP contribution in [-0.2, 0) is 11.3 Å². The molecule has 1 N–H and O–H groups in total. The first-order chi connectivity index (χ1) is 7.42. The fourth-order valence-electron chi connectivity index (χ4n) is 2.70. The van der Waals surface area contributed by atoms with Crippen LogP contribution in [0.5, 0.6) is 0 Å². The number of fused-ring (bicyclic) bond motifs is 2. The van der Waals surface area contributed by atoms with Crippen molar-refractivity contribution < 1.29 is 4.74 Å². The third-order valence-electron chi connectivity index (χ3n) is 3.52.